The summed E-state index contributed by atoms with van der Waals surface area (Å²) in [6, 6.07) is 2.26. The van der Waals surface area contributed by atoms with Gasteiger partial charge in [0.25, 0.3) is 0 Å². The van der Waals surface area contributed by atoms with Gasteiger partial charge in [-0.3, -0.25) is 14.9 Å². The second-order valence-electron chi connectivity index (χ2n) is 5.11. The van der Waals surface area contributed by atoms with Crippen molar-refractivity contribution < 1.29 is 18.8 Å². The number of rotatable bonds is 4. The highest BCUT2D eigenvalue weighted by molar-refractivity contribution is 5.79. The molecule has 1 aromatic rings. The van der Waals surface area contributed by atoms with E-state index >= 15 is 0 Å². The first-order valence-corrected chi connectivity index (χ1v) is 6.70. The highest BCUT2D eigenvalue weighted by atomic mass is 19.1. The number of Topliss-reactive ketones (excluding diaryl/α,β-unsaturated/α-hetero) is 1. The zero-order valence-electron chi connectivity index (χ0n) is 12.0. The third-order valence-electron chi connectivity index (χ3n) is 3.89. The number of ether oxygens (including phenoxy) is 1. The number of carbonyl (C=O) groups is 1. The van der Waals surface area contributed by atoms with Crippen molar-refractivity contribution in [3.05, 3.63) is 28.1 Å². The quantitative estimate of drug-likeness (QED) is 0.631. The van der Waals surface area contributed by atoms with Crippen molar-refractivity contribution in [1.29, 1.82) is 0 Å². The van der Waals surface area contributed by atoms with Crippen molar-refractivity contribution in [2.45, 2.75) is 31.7 Å². The molecule has 6 nitrogen and oxygen atoms in total. The van der Waals surface area contributed by atoms with Crippen LogP contribution in [0.25, 0.3) is 0 Å². The van der Waals surface area contributed by atoms with Gasteiger partial charge in [0.1, 0.15) is 5.78 Å². The number of halogens is 1. The predicted molar refractivity (Wildman–Crippen MR) is 75.3 cm³/mol. The van der Waals surface area contributed by atoms with Gasteiger partial charge in [-0.05, 0) is 12.8 Å². The molecule has 1 aliphatic rings. The fraction of sp³-hybridized carbons (Fsp3) is 0.500. The maximum atomic E-state index is 14.1. The van der Waals surface area contributed by atoms with Crippen LogP contribution in [0.5, 0.6) is 5.75 Å². The highest BCUT2D eigenvalue weighted by Gasteiger charge is 2.26. The second-order valence-corrected chi connectivity index (χ2v) is 5.11. The van der Waals surface area contributed by atoms with E-state index in [1.54, 1.807) is 11.9 Å². The lowest BCUT2D eigenvalue weighted by Gasteiger charge is -2.32. The van der Waals surface area contributed by atoms with Crippen molar-refractivity contribution >= 4 is 17.2 Å². The fourth-order valence-corrected chi connectivity index (χ4v) is 2.62. The molecule has 114 valence electrons. The molecular formula is C14H17FN2O4. The molecule has 0 aliphatic heterocycles. The van der Waals surface area contributed by atoms with Crippen molar-refractivity contribution in [1.82, 2.24) is 0 Å². The molecule has 0 N–H and O–H groups in total. The lowest BCUT2D eigenvalue weighted by molar-refractivity contribution is -0.385. The first kappa shape index (κ1) is 15.2. The minimum absolute atomic E-state index is 0.0233. The van der Waals surface area contributed by atoms with Crippen LogP contribution in [-0.2, 0) is 4.79 Å². The average Bonchev–Trinajstić information content (AvgIpc) is 2.47. The summed E-state index contributed by atoms with van der Waals surface area (Å²) in [5.74, 6) is -0.418. The third kappa shape index (κ3) is 3.12. The fourth-order valence-electron chi connectivity index (χ4n) is 2.62. The predicted octanol–water partition coefficient (Wildman–Crippen LogP) is 2.69. The van der Waals surface area contributed by atoms with E-state index in [0.717, 1.165) is 6.07 Å². The van der Waals surface area contributed by atoms with Gasteiger partial charge < -0.3 is 9.64 Å². The van der Waals surface area contributed by atoms with Gasteiger partial charge in [0.05, 0.1) is 23.8 Å². The molecule has 1 fully saturated rings. The lowest BCUT2D eigenvalue weighted by Crippen LogP contribution is -2.35. The Bertz CT molecular complexity index is 566. The van der Waals surface area contributed by atoms with Crippen molar-refractivity contribution in [3.63, 3.8) is 0 Å². The van der Waals surface area contributed by atoms with E-state index in [1.807, 2.05) is 0 Å². The Hall–Kier alpha value is -2.18. The van der Waals surface area contributed by atoms with Gasteiger partial charge in [0.2, 0.25) is 0 Å². The Kier molecular flexibility index (Phi) is 4.40. The molecule has 1 aliphatic carbocycles. The number of hydrogen-bond acceptors (Lipinski definition) is 5. The van der Waals surface area contributed by atoms with Crippen LogP contribution in [-0.4, -0.2) is 30.9 Å². The summed E-state index contributed by atoms with van der Waals surface area (Å²) in [4.78, 5) is 23.2. The van der Waals surface area contributed by atoms with Gasteiger partial charge in [-0.25, -0.2) is 4.39 Å². The number of nitro groups is 1. The van der Waals surface area contributed by atoms with E-state index in [2.05, 4.69) is 0 Å². The number of carbonyl (C=O) groups excluding carboxylic acids is 1. The van der Waals surface area contributed by atoms with Crippen LogP contribution in [0.3, 0.4) is 0 Å². The molecule has 21 heavy (non-hydrogen) atoms. The van der Waals surface area contributed by atoms with E-state index in [9.17, 15) is 19.3 Å². The highest BCUT2D eigenvalue weighted by Crippen LogP contribution is 2.35. The largest absolute Gasteiger partial charge is 0.490 e. The number of ketones is 1. The van der Waals surface area contributed by atoms with Crippen molar-refractivity contribution in [2.24, 2.45) is 0 Å². The number of nitro benzene ring substituents is 1. The van der Waals surface area contributed by atoms with E-state index < -0.39 is 16.4 Å². The summed E-state index contributed by atoms with van der Waals surface area (Å²) < 4.78 is 19.1. The number of anilines is 1. The maximum absolute atomic E-state index is 14.1. The molecule has 1 saturated carbocycles. The standard InChI is InChI=1S/C14H17FN2O4/c1-16(9-3-5-10(18)6-4-9)12-8-14(21-2)13(17(19)20)7-11(12)15/h7-9H,3-6H2,1-2H3. The summed E-state index contributed by atoms with van der Waals surface area (Å²) in [6.45, 7) is 0. The third-order valence-corrected chi connectivity index (χ3v) is 3.89. The van der Waals surface area contributed by atoms with E-state index in [4.69, 9.17) is 4.74 Å². The Morgan fingerprint density at radius 3 is 2.52 bits per heavy atom. The molecule has 0 bridgehead atoms. The van der Waals surface area contributed by atoms with Crippen LogP contribution >= 0.6 is 0 Å². The second kappa shape index (κ2) is 6.07. The number of benzene rings is 1. The van der Waals surface area contributed by atoms with Gasteiger partial charge in [0.15, 0.2) is 11.6 Å². The Morgan fingerprint density at radius 1 is 1.38 bits per heavy atom. The smallest absolute Gasteiger partial charge is 0.313 e. The molecule has 0 heterocycles. The minimum atomic E-state index is -0.676. The van der Waals surface area contributed by atoms with Crippen LogP contribution in [0, 0.1) is 15.9 Å². The average molecular weight is 296 g/mol. The van der Waals surface area contributed by atoms with Crippen LogP contribution in [0.15, 0.2) is 12.1 Å². The normalized spacial score (nSPS) is 15.9. The zero-order valence-corrected chi connectivity index (χ0v) is 12.0. The molecule has 2 rings (SSSR count). The molecule has 7 heteroatoms. The maximum Gasteiger partial charge on any atom is 0.313 e. The molecule has 0 unspecified atom stereocenters. The molecule has 0 spiro atoms. The van der Waals surface area contributed by atoms with E-state index in [0.29, 0.717) is 25.7 Å². The lowest BCUT2D eigenvalue weighted by atomic mass is 9.93. The summed E-state index contributed by atoms with van der Waals surface area (Å²) in [5.41, 5.74) is -0.150. The van der Waals surface area contributed by atoms with E-state index in [1.165, 1.54) is 13.2 Å². The summed E-state index contributed by atoms with van der Waals surface area (Å²) in [7, 11) is 3.04. The van der Waals surface area contributed by atoms with Crippen LogP contribution in [0.4, 0.5) is 15.8 Å². The number of methoxy groups -OCH3 is 1. The number of hydrogen-bond donors (Lipinski definition) is 0. The Labute approximate surface area is 121 Å². The zero-order chi connectivity index (χ0) is 15.6. The summed E-state index contributed by atoms with van der Waals surface area (Å²) in [5, 5.41) is 10.9. The molecule has 0 saturated heterocycles. The van der Waals surface area contributed by atoms with Crippen molar-refractivity contribution in [2.75, 3.05) is 19.1 Å². The van der Waals surface area contributed by atoms with E-state index in [-0.39, 0.29) is 23.3 Å². The van der Waals surface area contributed by atoms with Crippen LogP contribution in [0.2, 0.25) is 0 Å². The summed E-state index contributed by atoms with van der Waals surface area (Å²) >= 11 is 0. The van der Waals surface area contributed by atoms with Crippen LogP contribution in [0.1, 0.15) is 25.7 Å². The monoisotopic (exact) mass is 296 g/mol. The molecule has 0 amide bonds. The molecular weight excluding hydrogens is 279 g/mol. The minimum Gasteiger partial charge on any atom is -0.490 e. The topological polar surface area (TPSA) is 72.7 Å². The Balaban J connectivity index is 2.30. The summed E-state index contributed by atoms with van der Waals surface area (Å²) in [6.07, 6.45) is 2.30. The van der Waals surface area contributed by atoms with Gasteiger partial charge in [-0.2, -0.15) is 0 Å². The molecule has 0 radical (unpaired) electrons. The van der Waals surface area contributed by atoms with Gasteiger partial charge in [0, 0.05) is 32.0 Å². The first-order valence-electron chi connectivity index (χ1n) is 6.70. The van der Waals surface area contributed by atoms with Crippen molar-refractivity contribution in [3.8, 4) is 5.75 Å². The van der Waals surface area contributed by atoms with Crippen LogP contribution < -0.4 is 9.64 Å². The van der Waals surface area contributed by atoms with Gasteiger partial charge >= 0.3 is 5.69 Å². The Morgan fingerprint density at radius 2 is 2.00 bits per heavy atom. The van der Waals surface area contributed by atoms with Gasteiger partial charge in [-0.15, -0.1) is 0 Å². The SMILES string of the molecule is COc1cc(N(C)C2CCC(=O)CC2)c(F)cc1[N+](=O)[O-]. The first-order chi connectivity index (χ1) is 9.93. The molecule has 0 aromatic heterocycles. The van der Waals surface area contributed by atoms with Gasteiger partial charge in [-0.1, -0.05) is 0 Å². The molecule has 1 aromatic carbocycles. The molecule has 0 atom stereocenters. The number of nitrogens with zero attached hydrogens (tertiary/aromatic N) is 2.